The van der Waals surface area contributed by atoms with Crippen molar-refractivity contribution in [1.82, 2.24) is 30.8 Å². The zero-order valence-electron chi connectivity index (χ0n) is 31.3. The van der Waals surface area contributed by atoms with Gasteiger partial charge in [0.25, 0.3) is 11.8 Å². The second-order valence-electron chi connectivity index (χ2n) is 16.3. The van der Waals surface area contributed by atoms with Crippen LogP contribution in [-0.4, -0.2) is 87.5 Å². The van der Waals surface area contributed by atoms with E-state index in [0.29, 0.717) is 44.5 Å². The van der Waals surface area contributed by atoms with Crippen LogP contribution >= 0.6 is 23.2 Å². The van der Waals surface area contributed by atoms with E-state index in [9.17, 15) is 9.59 Å². The number of carbonyl (C=O) groups is 2. The zero-order valence-corrected chi connectivity index (χ0v) is 32.8. The molecule has 1 saturated carbocycles. The number of likely N-dealkylation sites (N-methyl/N-ethyl adjacent to an activating group) is 1. The largest absolute Gasteiger partial charge is 0.391 e. The van der Waals surface area contributed by atoms with Gasteiger partial charge in [0.2, 0.25) is 0 Å². The molecule has 1 aromatic heterocycles. The van der Waals surface area contributed by atoms with Crippen molar-refractivity contribution in [3.05, 3.63) is 75.0 Å². The maximum absolute atomic E-state index is 14.6. The van der Waals surface area contributed by atoms with E-state index in [4.69, 9.17) is 33.3 Å². The monoisotopic (exact) mass is 740 g/mol. The van der Waals surface area contributed by atoms with Crippen molar-refractivity contribution >= 4 is 40.7 Å². The summed E-state index contributed by atoms with van der Waals surface area (Å²) < 4.78 is 0.844. The molecule has 2 aromatic carbocycles. The first-order chi connectivity index (χ1) is 23.9. The Balaban J connectivity index is 0.000000755. The number of aromatic nitrogens is 4. The number of hydrogen-bond donors (Lipinski definition) is 2. The molecule has 278 valence electrons. The third kappa shape index (κ3) is 11.1. The Bertz CT molecular complexity index is 1620. The molecule has 1 aliphatic heterocycles. The third-order valence-corrected chi connectivity index (χ3v) is 10.1. The van der Waals surface area contributed by atoms with Crippen LogP contribution in [0.15, 0.2) is 47.5 Å². The minimum atomic E-state index is -0.660. The molecule has 13 heteroatoms. The first kappa shape index (κ1) is 40.4. The molecule has 1 fully saturated rings. The van der Waals surface area contributed by atoms with Gasteiger partial charge in [0.05, 0.1) is 33.8 Å². The van der Waals surface area contributed by atoms with E-state index in [0.717, 1.165) is 55.1 Å². The predicted octanol–water partition coefficient (Wildman–Crippen LogP) is 6.49. The van der Waals surface area contributed by atoms with Crippen LogP contribution in [-0.2, 0) is 11.3 Å². The maximum Gasteiger partial charge on any atom is 0.275 e. The number of aliphatic hydroxyl groups is 1. The number of quaternary nitrogens is 1. The van der Waals surface area contributed by atoms with Crippen molar-refractivity contribution in [2.75, 3.05) is 34.3 Å². The summed E-state index contributed by atoms with van der Waals surface area (Å²) in [5, 5.41) is 26.5. The number of carbonyl (C=O) groups excluding carboxylic acids is 2. The summed E-state index contributed by atoms with van der Waals surface area (Å²) >= 11 is 12.8. The topological polar surface area (TPSA) is 135 Å². The molecule has 2 amide bonds. The van der Waals surface area contributed by atoms with Crippen LogP contribution in [0.1, 0.15) is 106 Å². The number of aliphatic hydroxyl groups excluding tert-OH is 1. The number of benzene rings is 2. The first-order valence-corrected chi connectivity index (χ1v) is 18.5. The number of aliphatic imine (C=N–C) groups is 1. The summed E-state index contributed by atoms with van der Waals surface area (Å²) in [5.41, 5.74) is 1.92. The average Bonchev–Trinajstić information content (AvgIpc) is 3.66. The van der Waals surface area contributed by atoms with Crippen LogP contribution in [0.3, 0.4) is 0 Å². The van der Waals surface area contributed by atoms with Gasteiger partial charge < -0.3 is 24.9 Å². The highest BCUT2D eigenvalue weighted by atomic mass is 35.5. The minimum absolute atomic E-state index is 0.0556. The Kier molecular flexibility index (Phi) is 13.4. The highest BCUT2D eigenvalue weighted by Crippen LogP contribution is 2.48. The summed E-state index contributed by atoms with van der Waals surface area (Å²) in [6.07, 6.45) is 5.23. The molecule has 3 aromatic rings. The van der Waals surface area contributed by atoms with E-state index in [2.05, 4.69) is 81.7 Å². The fourth-order valence-corrected chi connectivity index (χ4v) is 7.24. The SMILES string of the molecule is CC(C)C1CCC2(CC1)N=C(c1cc(Cl)cc(Cl)c1)C(=O)N2[C@H](CCC(C)(C)C)c1ccc(C(=O)NCc2nnn[n-]2)cc1.C[N+](C)(C)CCO. The Morgan fingerprint density at radius 1 is 1.08 bits per heavy atom. The van der Waals surface area contributed by atoms with Gasteiger partial charge in [-0.3, -0.25) is 24.9 Å². The van der Waals surface area contributed by atoms with Crippen LogP contribution in [0.4, 0.5) is 0 Å². The van der Waals surface area contributed by atoms with Gasteiger partial charge in [-0.1, -0.05) is 70.0 Å². The highest BCUT2D eigenvalue weighted by molar-refractivity contribution is 6.47. The smallest absolute Gasteiger partial charge is 0.275 e. The lowest BCUT2D eigenvalue weighted by atomic mass is 9.75. The standard InChI is InChI=1S/C33H41Cl2N7O2.C5H14NO/c1-20(2)21-10-14-33(15-11-21)37-29(24-16-25(34)18-26(35)17-24)31(44)42(33)27(12-13-32(3,4)5)22-6-8-23(9-7-22)30(43)36-19-28-38-40-41-39-28;1-6(2,3)4-5-7/h6-9,16-18,20-21,27H,10-15,19H2,1-5H3,(H2,36,38,39,40,41,43);7H,4-5H2,1-3H3/q;+1/p-1/t21?,27-,33?;/m1./s1. The third-order valence-electron chi connectivity index (χ3n) is 9.67. The molecule has 5 rings (SSSR count). The Morgan fingerprint density at radius 2 is 1.71 bits per heavy atom. The maximum atomic E-state index is 14.6. The molecule has 2 N–H and O–H groups in total. The van der Waals surface area contributed by atoms with E-state index in [1.807, 2.05) is 17.0 Å². The minimum Gasteiger partial charge on any atom is -0.391 e. The molecular weight excluding hydrogens is 687 g/mol. The fourth-order valence-electron chi connectivity index (χ4n) is 6.71. The van der Waals surface area contributed by atoms with Gasteiger partial charge in [0, 0.05) is 33.5 Å². The van der Waals surface area contributed by atoms with Gasteiger partial charge in [-0.15, -0.1) is 0 Å². The van der Waals surface area contributed by atoms with Gasteiger partial charge in [-0.2, -0.15) is 5.21 Å². The molecule has 0 bridgehead atoms. The van der Waals surface area contributed by atoms with Crippen molar-refractivity contribution in [3.8, 4) is 0 Å². The van der Waals surface area contributed by atoms with Crippen LogP contribution in [0.2, 0.25) is 10.0 Å². The van der Waals surface area contributed by atoms with Gasteiger partial charge in [0.15, 0.2) is 0 Å². The van der Waals surface area contributed by atoms with Crippen LogP contribution in [0.25, 0.3) is 0 Å². The van der Waals surface area contributed by atoms with Crippen molar-refractivity contribution in [3.63, 3.8) is 0 Å². The van der Waals surface area contributed by atoms with Gasteiger partial charge in [-0.25, -0.2) is 0 Å². The molecule has 0 saturated heterocycles. The molecule has 1 spiro atoms. The molecule has 51 heavy (non-hydrogen) atoms. The van der Waals surface area contributed by atoms with Gasteiger partial charge in [0.1, 0.15) is 17.9 Å². The summed E-state index contributed by atoms with van der Waals surface area (Å²) in [7, 11) is 6.16. The van der Waals surface area contributed by atoms with Gasteiger partial charge >= 0.3 is 0 Å². The molecule has 1 aliphatic carbocycles. The lowest BCUT2D eigenvalue weighted by molar-refractivity contribution is -0.870. The number of nitrogens with one attached hydrogen (secondary N) is 1. The average molecular weight is 742 g/mol. The number of rotatable bonds is 11. The lowest BCUT2D eigenvalue weighted by Crippen LogP contribution is -2.51. The molecule has 2 aliphatic rings. The lowest BCUT2D eigenvalue weighted by Gasteiger charge is -2.46. The summed E-state index contributed by atoms with van der Waals surface area (Å²) in [5.74, 6) is 1.15. The van der Waals surface area contributed by atoms with E-state index >= 15 is 0 Å². The summed E-state index contributed by atoms with van der Waals surface area (Å²) in [6.45, 7) is 12.4. The van der Waals surface area contributed by atoms with E-state index in [-0.39, 0.29) is 36.4 Å². The first-order valence-electron chi connectivity index (χ1n) is 17.8. The second kappa shape index (κ2) is 17.0. The van der Waals surface area contributed by atoms with Crippen LogP contribution < -0.4 is 10.4 Å². The van der Waals surface area contributed by atoms with Crippen LogP contribution in [0.5, 0.6) is 0 Å². The van der Waals surface area contributed by atoms with E-state index < -0.39 is 5.66 Å². The second-order valence-corrected chi connectivity index (χ2v) is 17.2. The number of halogens is 2. The van der Waals surface area contributed by atoms with E-state index in [1.54, 1.807) is 30.3 Å². The Morgan fingerprint density at radius 3 is 2.20 bits per heavy atom. The molecular formula is C38H54Cl2N8O3. The summed E-state index contributed by atoms with van der Waals surface area (Å²) in [4.78, 5) is 34.7. The van der Waals surface area contributed by atoms with E-state index in [1.165, 1.54) is 0 Å². The zero-order chi connectivity index (χ0) is 37.6. The van der Waals surface area contributed by atoms with Crippen LogP contribution in [0, 0.1) is 17.3 Å². The Hall–Kier alpha value is -3.38. The highest BCUT2D eigenvalue weighted by Gasteiger charge is 2.52. The number of nitrogens with zero attached hydrogens (tertiary/aromatic N) is 7. The van der Waals surface area contributed by atoms with Crippen molar-refractivity contribution in [1.29, 1.82) is 0 Å². The fraction of sp³-hybridized carbons (Fsp3) is 0.579. The van der Waals surface area contributed by atoms with Crippen molar-refractivity contribution in [2.24, 2.45) is 22.2 Å². The molecule has 1 atom stereocenters. The quantitative estimate of drug-likeness (QED) is 0.215. The van der Waals surface area contributed by atoms with Gasteiger partial charge in [-0.05, 0) is 91.7 Å². The number of tetrazole rings is 1. The molecule has 0 unspecified atom stereocenters. The van der Waals surface area contributed by atoms with Crippen molar-refractivity contribution < 1.29 is 19.2 Å². The number of amides is 2. The normalized spacial score (nSPS) is 19.9. The molecule has 11 nitrogen and oxygen atoms in total. The van der Waals surface area contributed by atoms with Crippen molar-refractivity contribution in [2.45, 2.75) is 91.4 Å². The summed E-state index contributed by atoms with van der Waals surface area (Å²) in [6, 6.07) is 12.5. The number of hydrogen-bond acceptors (Lipinski definition) is 7. The predicted molar refractivity (Wildman–Crippen MR) is 202 cm³/mol. The molecule has 2 heterocycles. The Labute approximate surface area is 312 Å². The molecule has 0 radical (unpaired) electrons.